The molecule has 1 aliphatic rings. The largest absolute Gasteiger partial charge is 0.497 e. The Labute approximate surface area is 182 Å². The van der Waals surface area contributed by atoms with Crippen molar-refractivity contribution in [3.05, 3.63) is 75.1 Å². The first kappa shape index (κ1) is 21.6. The molecule has 2 aromatic carbocycles. The number of hydrogen-bond donors (Lipinski definition) is 1. The number of rotatable bonds is 7. The first-order chi connectivity index (χ1) is 15.1. The van der Waals surface area contributed by atoms with E-state index >= 15 is 0 Å². The van der Waals surface area contributed by atoms with Crippen LogP contribution < -0.4 is 15.7 Å². The lowest BCUT2D eigenvalue weighted by Crippen LogP contribution is -2.42. The van der Waals surface area contributed by atoms with Crippen molar-refractivity contribution in [1.29, 1.82) is 0 Å². The molecule has 6 nitrogen and oxygen atoms in total. The molecule has 0 saturated carbocycles. The van der Waals surface area contributed by atoms with Crippen molar-refractivity contribution in [2.75, 3.05) is 40.0 Å². The Balaban J connectivity index is 1.55. The number of ether oxygens (including phenoxy) is 2. The van der Waals surface area contributed by atoms with Gasteiger partial charge in [0.15, 0.2) is 0 Å². The summed E-state index contributed by atoms with van der Waals surface area (Å²) in [5, 5.41) is 4.57. The Morgan fingerprint density at radius 2 is 1.84 bits per heavy atom. The van der Waals surface area contributed by atoms with Gasteiger partial charge in [0.2, 0.25) is 0 Å². The Kier molecular flexibility index (Phi) is 6.70. The molecule has 1 saturated heterocycles. The van der Waals surface area contributed by atoms with Gasteiger partial charge in [0.05, 0.1) is 20.3 Å². The van der Waals surface area contributed by atoms with E-state index in [1.807, 2.05) is 32.0 Å². The van der Waals surface area contributed by atoms with Crippen LogP contribution in [0, 0.1) is 13.8 Å². The third kappa shape index (κ3) is 4.82. The fourth-order valence-electron chi connectivity index (χ4n) is 4.19. The van der Waals surface area contributed by atoms with Gasteiger partial charge in [-0.1, -0.05) is 24.3 Å². The molecule has 1 N–H and O–H groups in total. The Hall–Kier alpha value is -2.67. The summed E-state index contributed by atoms with van der Waals surface area (Å²) in [6.45, 7) is 8.67. The molecule has 4 rings (SSSR count). The number of morpholine rings is 1. The number of hydrogen-bond acceptors (Lipinski definition) is 6. The number of nitrogens with one attached hydrogen (secondary N) is 1. The van der Waals surface area contributed by atoms with Crippen molar-refractivity contribution >= 4 is 11.0 Å². The second kappa shape index (κ2) is 9.64. The van der Waals surface area contributed by atoms with Gasteiger partial charge < -0.3 is 19.2 Å². The fourth-order valence-corrected chi connectivity index (χ4v) is 4.19. The summed E-state index contributed by atoms with van der Waals surface area (Å²) >= 11 is 0. The molecule has 1 aromatic heterocycles. The number of aryl methyl sites for hydroxylation is 2. The second-order valence-corrected chi connectivity index (χ2v) is 8.04. The lowest BCUT2D eigenvalue weighted by molar-refractivity contribution is 0.0161. The highest BCUT2D eigenvalue weighted by molar-refractivity contribution is 5.83. The topological polar surface area (TPSA) is 63.9 Å². The van der Waals surface area contributed by atoms with Crippen LogP contribution in [0.5, 0.6) is 5.75 Å². The standard InChI is InChI=1S/C25H30N2O4/c1-17-4-9-22-20(14-24(28)31-25(22)18(17)2)15-26-16-23(27-10-12-30-13-11-27)19-5-7-21(29-3)8-6-19/h4-9,14,23,26H,10-13,15-16H2,1-3H3/t23-/m1/s1. The van der Waals surface area contributed by atoms with Crippen LogP contribution in [-0.2, 0) is 11.3 Å². The Morgan fingerprint density at radius 3 is 2.55 bits per heavy atom. The Morgan fingerprint density at radius 1 is 1.10 bits per heavy atom. The van der Waals surface area contributed by atoms with E-state index in [1.54, 1.807) is 13.2 Å². The first-order valence-electron chi connectivity index (χ1n) is 10.8. The zero-order valence-corrected chi connectivity index (χ0v) is 18.4. The minimum absolute atomic E-state index is 0.213. The van der Waals surface area contributed by atoms with Gasteiger partial charge in [-0.05, 0) is 48.2 Å². The van der Waals surface area contributed by atoms with Crippen LogP contribution in [0.15, 0.2) is 51.7 Å². The molecule has 164 valence electrons. The highest BCUT2D eigenvalue weighted by Crippen LogP contribution is 2.25. The zero-order chi connectivity index (χ0) is 21.8. The number of benzene rings is 2. The van der Waals surface area contributed by atoms with Crippen LogP contribution in [0.2, 0.25) is 0 Å². The molecule has 0 bridgehead atoms. The van der Waals surface area contributed by atoms with E-state index in [2.05, 4.69) is 28.4 Å². The molecule has 0 amide bonds. The van der Waals surface area contributed by atoms with E-state index in [9.17, 15) is 4.79 Å². The molecule has 0 spiro atoms. The molecule has 6 heteroatoms. The number of methoxy groups -OCH3 is 1. The summed E-state index contributed by atoms with van der Waals surface area (Å²) in [7, 11) is 1.68. The van der Waals surface area contributed by atoms with Crippen molar-refractivity contribution in [3.63, 3.8) is 0 Å². The first-order valence-corrected chi connectivity index (χ1v) is 10.8. The summed E-state index contributed by atoms with van der Waals surface area (Å²) in [6.07, 6.45) is 0. The van der Waals surface area contributed by atoms with E-state index in [0.717, 1.165) is 60.7 Å². The highest BCUT2D eigenvalue weighted by atomic mass is 16.5. The van der Waals surface area contributed by atoms with E-state index < -0.39 is 0 Å². The lowest BCUT2D eigenvalue weighted by atomic mass is 10.0. The normalized spacial score (nSPS) is 15.8. The summed E-state index contributed by atoms with van der Waals surface area (Å²) in [5.74, 6) is 0.852. The molecular formula is C25H30N2O4. The third-order valence-electron chi connectivity index (χ3n) is 6.16. The van der Waals surface area contributed by atoms with Crippen molar-refractivity contribution in [3.8, 4) is 5.75 Å². The number of fused-ring (bicyclic) bond motifs is 1. The van der Waals surface area contributed by atoms with Crippen LogP contribution >= 0.6 is 0 Å². The maximum Gasteiger partial charge on any atom is 0.336 e. The lowest BCUT2D eigenvalue weighted by Gasteiger charge is -2.35. The fraction of sp³-hybridized carbons (Fsp3) is 0.400. The van der Waals surface area contributed by atoms with Crippen LogP contribution in [0.3, 0.4) is 0 Å². The average molecular weight is 423 g/mol. The van der Waals surface area contributed by atoms with Crippen molar-refractivity contribution in [1.82, 2.24) is 10.2 Å². The second-order valence-electron chi connectivity index (χ2n) is 8.04. The molecule has 0 radical (unpaired) electrons. The van der Waals surface area contributed by atoms with Gasteiger partial charge in [-0.15, -0.1) is 0 Å². The minimum atomic E-state index is -0.308. The molecule has 0 unspecified atom stereocenters. The highest BCUT2D eigenvalue weighted by Gasteiger charge is 2.22. The quantitative estimate of drug-likeness (QED) is 0.587. The van der Waals surface area contributed by atoms with Crippen molar-refractivity contribution < 1.29 is 13.9 Å². The molecule has 1 fully saturated rings. The van der Waals surface area contributed by atoms with E-state index in [4.69, 9.17) is 13.9 Å². The predicted molar refractivity (Wildman–Crippen MR) is 122 cm³/mol. The molecule has 0 aliphatic carbocycles. The summed E-state index contributed by atoms with van der Waals surface area (Å²) < 4.78 is 16.4. The van der Waals surface area contributed by atoms with Gasteiger partial charge in [0.25, 0.3) is 0 Å². The molecule has 1 atom stereocenters. The molecule has 2 heterocycles. The van der Waals surface area contributed by atoms with Crippen LogP contribution in [0.1, 0.15) is 28.3 Å². The van der Waals surface area contributed by atoms with E-state index in [0.29, 0.717) is 12.1 Å². The van der Waals surface area contributed by atoms with Crippen molar-refractivity contribution in [2.45, 2.75) is 26.4 Å². The summed E-state index contributed by atoms with van der Waals surface area (Å²) in [4.78, 5) is 14.6. The van der Waals surface area contributed by atoms with E-state index in [-0.39, 0.29) is 11.7 Å². The predicted octanol–water partition coefficient (Wildman–Crippen LogP) is 3.58. The maximum absolute atomic E-state index is 12.2. The van der Waals surface area contributed by atoms with Crippen LogP contribution in [-0.4, -0.2) is 44.9 Å². The zero-order valence-electron chi connectivity index (χ0n) is 18.4. The molecule has 1 aliphatic heterocycles. The van der Waals surface area contributed by atoms with Crippen LogP contribution in [0.4, 0.5) is 0 Å². The van der Waals surface area contributed by atoms with Gasteiger partial charge in [-0.25, -0.2) is 4.79 Å². The molecule has 3 aromatic rings. The van der Waals surface area contributed by atoms with Crippen molar-refractivity contribution in [2.24, 2.45) is 0 Å². The monoisotopic (exact) mass is 422 g/mol. The van der Waals surface area contributed by atoms with Gasteiger partial charge in [0, 0.05) is 43.7 Å². The SMILES string of the molecule is COc1ccc([C@@H](CNCc2cc(=O)oc3c(C)c(C)ccc23)N2CCOCC2)cc1. The molecular weight excluding hydrogens is 392 g/mol. The van der Waals surface area contributed by atoms with Gasteiger partial charge >= 0.3 is 5.63 Å². The summed E-state index contributed by atoms with van der Waals surface area (Å²) in [6, 6.07) is 14.2. The van der Waals surface area contributed by atoms with Gasteiger partial charge in [-0.3, -0.25) is 4.90 Å². The number of nitrogens with zero attached hydrogens (tertiary/aromatic N) is 1. The minimum Gasteiger partial charge on any atom is -0.497 e. The maximum atomic E-state index is 12.2. The van der Waals surface area contributed by atoms with E-state index in [1.165, 1.54) is 5.56 Å². The Bertz CT molecular complexity index is 1090. The van der Waals surface area contributed by atoms with Gasteiger partial charge in [-0.2, -0.15) is 0 Å². The smallest absolute Gasteiger partial charge is 0.336 e. The molecule has 31 heavy (non-hydrogen) atoms. The third-order valence-corrected chi connectivity index (χ3v) is 6.16. The average Bonchev–Trinajstić information content (AvgIpc) is 2.80. The van der Waals surface area contributed by atoms with Crippen LogP contribution in [0.25, 0.3) is 11.0 Å². The van der Waals surface area contributed by atoms with Gasteiger partial charge in [0.1, 0.15) is 11.3 Å². The summed E-state index contributed by atoms with van der Waals surface area (Å²) in [5.41, 5.74) is 4.71.